The van der Waals surface area contributed by atoms with Crippen molar-refractivity contribution in [3.05, 3.63) is 35.4 Å². The maximum absolute atomic E-state index is 5.95. The summed E-state index contributed by atoms with van der Waals surface area (Å²) in [7, 11) is 0. The summed E-state index contributed by atoms with van der Waals surface area (Å²) >= 11 is -0.712. The van der Waals surface area contributed by atoms with Gasteiger partial charge in [0.05, 0.1) is 0 Å². The molecule has 0 aliphatic rings. The summed E-state index contributed by atoms with van der Waals surface area (Å²) in [6.07, 6.45) is 0. The third-order valence-electron chi connectivity index (χ3n) is 2.33. The molecule has 0 aliphatic carbocycles. The van der Waals surface area contributed by atoms with E-state index in [-0.39, 0.29) is 6.04 Å². The van der Waals surface area contributed by atoms with Gasteiger partial charge in [-0.3, -0.25) is 0 Å². The second kappa shape index (κ2) is 7.30. The Morgan fingerprint density at radius 3 is 2.56 bits per heavy atom. The van der Waals surface area contributed by atoms with Gasteiger partial charge in [0.25, 0.3) is 0 Å². The molecule has 0 radical (unpaired) electrons. The van der Waals surface area contributed by atoms with Crippen LogP contribution in [0.25, 0.3) is 0 Å². The number of benzene rings is 1. The first kappa shape index (κ1) is 14.0. The second-order valence-electron chi connectivity index (χ2n) is 4.51. The van der Waals surface area contributed by atoms with Gasteiger partial charge in [-0.2, -0.15) is 0 Å². The first-order chi connectivity index (χ1) is 7.61. The molecule has 2 N–H and O–H groups in total. The Kier molecular flexibility index (Phi) is 6.39. The fourth-order valence-corrected chi connectivity index (χ4v) is 4.44. The molecule has 0 amide bonds. The van der Waals surface area contributed by atoms with E-state index in [1.807, 2.05) is 6.92 Å². The summed E-state index contributed by atoms with van der Waals surface area (Å²) in [5.74, 6) is 0.643. The summed E-state index contributed by atoms with van der Waals surface area (Å²) in [4.78, 5) is 0. The average molecular weight is 326 g/mol. The van der Waals surface area contributed by atoms with Crippen LogP contribution in [0.5, 0.6) is 0 Å². The number of nitrogens with two attached hydrogens (primary N) is 1. The van der Waals surface area contributed by atoms with Gasteiger partial charge in [-0.1, -0.05) is 0 Å². The average Bonchev–Trinajstić information content (AvgIpc) is 2.24. The molecule has 0 spiro atoms. The van der Waals surface area contributed by atoms with Crippen molar-refractivity contribution >= 4 is 21.6 Å². The van der Waals surface area contributed by atoms with Crippen LogP contribution in [-0.2, 0) is 7.51 Å². The van der Waals surface area contributed by atoms with Gasteiger partial charge in [0.15, 0.2) is 0 Å². The van der Waals surface area contributed by atoms with E-state index in [1.54, 1.807) is 0 Å². The summed E-state index contributed by atoms with van der Waals surface area (Å²) in [6.45, 7) is 7.33. The molecule has 0 heterocycles. The first-order valence-corrected chi connectivity index (χ1v) is 8.97. The zero-order chi connectivity index (χ0) is 12.0. The SMILES string of the molecule is CC(C)C[O][Sn+2][CH2]c1ccccc1C(C)N. The van der Waals surface area contributed by atoms with E-state index in [4.69, 9.17) is 8.81 Å². The van der Waals surface area contributed by atoms with E-state index in [0.717, 1.165) is 11.0 Å². The van der Waals surface area contributed by atoms with Gasteiger partial charge >= 0.3 is 110 Å². The molecule has 1 rings (SSSR count). The number of hydrogen-bond acceptors (Lipinski definition) is 2. The van der Waals surface area contributed by atoms with Crippen molar-refractivity contribution in [2.24, 2.45) is 11.7 Å². The van der Waals surface area contributed by atoms with Gasteiger partial charge in [-0.05, 0) is 0 Å². The first-order valence-electron chi connectivity index (χ1n) is 5.79. The van der Waals surface area contributed by atoms with Crippen molar-refractivity contribution in [1.29, 1.82) is 0 Å². The summed E-state index contributed by atoms with van der Waals surface area (Å²) in [6, 6.07) is 8.58. The van der Waals surface area contributed by atoms with Crippen LogP contribution < -0.4 is 5.73 Å². The van der Waals surface area contributed by atoms with E-state index < -0.39 is 21.6 Å². The molecule has 0 saturated carbocycles. The Morgan fingerprint density at radius 2 is 1.94 bits per heavy atom. The molecule has 0 bridgehead atoms. The molecule has 1 atom stereocenters. The fourth-order valence-electron chi connectivity index (χ4n) is 1.49. The minimum atomic E-state index is -0.712. The van der Waals surface area contributed by atoms with Crippen LogP contribution in [0.4, 0.5) is 0 Å². The molecule has 0 fully saturated rings. The van der Waals surface area contributed by atoms with Crippen LogP contribution in [0.15, 0.2) is 24.3 Å². The van der Waals surface area contributed by atoms with Crippen LogP contribution in [0, 0.1) is 5.92 Å². The molecular formula is C13H21NOSn+2. The van der Waals surface area contributed by atoms with Gasteiger partial charge in [-0.15, -0.1) is 0 Å². The molecule has 86 valence electrons. The molecule has 3 heteroatoms. The van der Waals surface area contributed by atoms with Crippen LogP contribution in [0.1, 0.15) is 37.9 Å². The second-order valence-corrected chi connectivity index (χ2v) is 7.17. The molecule has 0 saturated heterocycles. The molecule has 2 nitrogen and oxygen atoms in total. The Morgan fingerprint density at radius 1 is 1.25 bits per heavy atom. The van der Waals surface area contributed by atoms with Crippen LogP contribution >= 0.6 is 0 Å². The van der Waals surface area contributed by atoms with Crippen molar-refractivity contribution in [2.75, 3.05) is 6.61 Å². The van der Waals surface area contributed by atoms with E-state index in [2.05, 4.69) is 38.1 Å². The minimum absolute atomic E-state index is 0.126. The van der Waals surface area contributed by atoms with Gasteiger partial charge in [-0.25, -0.2) is 0 Å². The zero-order valence-electron chi connectivity index (χ0n) is 10.4. The van der Waals surface area contributed by atoms with Crippen LogP contribution in [0.2, 0.25) is 0 Å². The number of hydrogen-bond donors (Lipinski definition) is 1. The van der Waals surface area contributed by atoms with Gasteiger partial charge in [0.2, 0.25) is 0 Å². The summed E-state index contributed by atoms with van der Waals surface area (Å²) in [5, 5.41) is 0. The standard InChI is InChI=1S/C9H12N.C4H9O.Sn/c1-7-5-3-4-6-9(7)8(2)10;1-4(2)3-5;/h3-6,8H,1,10H2,2H3;4H,3H2,1-2H3;/q;-1;+3. The van der Waals surface area contributed by atoms with E-state index in [0.29, 0.717) is 5.92 Å². The fraction of sp³-hybridized carbons (Fsp3) is 0.538. The normalized spacial score (nSPS) is 12.6. The number of rotatable bonds is 6. The predicted molar refractivity (Wildman–Crippen MR) is 69.3 cm³/mol. The van der Waals surface area contributed by atoms with E-state index >= 15 is 0 Å². The topological polar surface area (TPSA) is 35.2 Å². The molecule has 1 aromatic rings. The Balaban J connectivity index is 2.47. The Bertz CT molecular complexity index is 313. The molecule has 0 aromatic heterocycles. The molecule has 16 heavy (non-hydrogen) atoms. The van der Waals surface area contributed by atoms with E-state index in [1.165, 1.54) is 11.1 Å². The van der Waals surface area contributed by atoms with Crippen molar-refractivity contribution < 1.29 is 3.07 Å². The van der Waals surface area contributed by atoms with Gasteiger partial charge in [0.1, 0.15) is 0 Å². The van der Waals surface area contributed by atoms with Gasteiger partial charge < -0.3 is 0 Å². The third-order valence-corrected chi connectivity index (χ3v) is 4.88. The third kappa shape index (κ3) is 4.85. The van der Waals surface area contributed by atoms with Crippen LogP contribution in [0.3, 0.4) is 0 Å². The molecule has 1 unspecified atom stereocenters. The molecular weight excluding hydrogens is 305 g/mol. The van der Waals surface area contributed by atoms with Gasteiger partial charge in [0, 0.05) is 0 Å². The monoisotopic (exact) mass is 327 g/mol. The van der Waals surface area contributed by atoms with Crippen molar-refractivity contribution in [2.45, 2.75) is 31.2 Å². The molecule has 1 aromatic carbocycles. The summed E-state index contributed by atoms with van der Waals surface area (Å²) in [5.41, 5.74) is 8.60. The molecule has 0 aliphatic heterocycles. The van der Waals surface area contributed by atoms with E-state index in [9.17, 15) is 0 Å². The zero-order valence-corrected chi connectivity index (χ0v) is 13.2. The Labute approximate surface area is 109 Å². The predicted octanol–water partition coefficient (Wildman–Crippen LogP) is 2.50. The Hall–Kier alpha value is -0.0613. The van der Waals surface area contributed by atoms with Crippen molar-refractivity contribution in [3.8, 4) is 0 Å². The maximum atomic E-state index is 5.95. The van der Waals surface area contributed by atoms with Crippen LogP contribution in [-0.4, -0.2) is 28.2 Å². The quantitative estimate of drug-likeness (QED) is 0.644. The summed E-state index contributed by atoms with van der Waals surface area (Å²) < 4.78 is 6.88. The van der Waals surface area contributed by atoms with Crippen molar-refractivity contribution in [1.82, 2.24) is 0 Å². The van der Waals surface area contributed by atoms with Crippen molar-refractivity contribution in [3.63, 3.8) is 0 Å².